The first kappa shape index (κ1) is 25.8. The molecule has 13 heteroatoms. The minimum Gasteiger partial charge on any atom is -0.339 e. The van der Waals surface area contributed by atoms with Crippen LogP contribution in [0.1, 0.15) is 16.7 Å². The van der Waals surface area contributed by atoms with Gasteiger partial charge in [-0.25, -0.2) is 13.3 Å². The van der Waals surface area contributed by atoms with Crippen LogP contribution in [0.4, 0.5) is 18.0 Å². The molecular weight excluding hydrogens is 572 g/mol. The number of nitrogens with zero attached hydrogens (tertiary/aromatic N) is 1. The second-order valence-electron chi connectivity index (χ2n) is 7.23. The largest absolute Gasteiger partial charge is 0.428 e. The number of hydroxylamine groups is 2. The Morgan fingerprint density at radius 3 is 2.30 bits per heavy atom. The molecule has 2 aromatic carbocycles. The van der Waals surface area contributed by atoms with E-state index in [0.717, 1.165) is 29.5 Å². The number of carbonyl (C=O) groups excluding carboxylic acids is 1. The third kappa shape index (κ3) is 5.32. The van der Waals surface area contributed by atoms with Gasteiger partial charge in [-0.3, -0.25) is 9.86 Å². The highest BCUT2D eigenvalue weighted by Gasteiger charge is 2.60. The average molecular weight is 588 g/mol. The zero-order valence-corrected chi connectivity index (χ0v) is 20.9. The first-order valence-corrected chi connectivity index (χ1v) is 12.5. The summed E-state index contributed by atoms with van der Waals surface area (Å²) >= 11 is 15.2. The zero-order chi connectivity index (χ0) is 24.8. The summed E-state index contributed by atoms with van der Waals surface area (Å²) in [5.74, 6) is 0. The van der Waals surface area contributed by atoms with E-state index in [0.29, 0.717) is 15.6 Å². The van der Waals surface area contributed by atoms with Crippen LogP contribution in [0.2, 0.25) is 10.0 Å². The molecule has 1 N–H and O–H groups in total. The van der Waals surface area contributed by atoms with Crippen LogP contribution in [0, 0.1) is 0 Å². The van der Waals surface area contributed by atoms with Gasteiger partial charge in [-0.1, -0.05) is 51.3 Å². The Labute approximate surface area is 206 Å². The molecule has 0 fully saturated rings. The molecule has 0 saturated carbocycles. The van der Waals surface area contributed by atoms with Crippen molar-refractivity contribution >= 4 is 59.9 Å². The van der Waals surface area contributed by atoms with Gasteiger partial charge in [0.25, 0.3) is 0 Å². The third-order valence-corrected chi connectivity index (χ3v) is 6.77. The summed E-state index contributed by atoms with van der Waals surface area (Å²) in [5.41, 5.74) is -2.09. The van der Waals surface area contributed by atoms with Crippen LogP contribution in [0.3, 0.4) is 0 Å². The number of amides is 1. The van der Waals surface area contributed by atoms with Crippen LogP contribution in [0.5, 0.6) is 0 Å². The molecule has 1 aliphatic rings. The number of nitrogens with one attached hydrogen (secondary N) is 1. The Balaban J connectivity index is 2.00. The van der Waals surface area contributed by atoms with E-state index < -0.39 is 26.9 Å². The highest BCUT2D eigenvalue weighted by molar-refractivity contribution is 9.10. The van der Waals surface area contributed by atoms with E-state index >= 15 is 0 Å². The fraction of sp³-hybridized carbons (Fsp3) is 0.250. The molecule has 0 aliphatic carbocycles. The fourth-order valence-corrected chi connectivity index (χ4v) is 4.57. The average Bonchev–Trinajstić information content (AvgIpc) is 3.04. The van der Waals surface area contributed by atoms with Crippen molar-refractivity contribution in [1.82, 2.24) is 10.4 Å². The van der Waals surface area contributed by atoms with Gasteiger partial charge in [0.2, 0.25) is 15.4 Å². The summed E-state index contributed by atoms with van der Waals surface area (Å²) in [7, 11) is -2.56. The van der Waals surface area contributed by atoms with Crippen molar-refractivity contribution in [3.8, 4) is 0 Å². The lowest BCUT2D eigenvalue weighted by Crippen LogP contribution is -2.42. The number of rotatable bonds is 4. The van der Waals surface area contributed by atoms with Crippen molar-refractivity contribution in [1.29, 1.82) is 0 Å². The molecule has 1 heterocycles. The predicted molar refractivity (Wildman–Crippen MR) is 122 cm³/mol. The van der Waals surface area contributed by atoms with Crippen molar-refractivity contribution in [3.63, 3.8) is 0 Å². The second kappa shape index (κ2) is 9.10. The van der Waals surface area contributed by atoms with Crippen LogP contribution >= 0.6 is 39.1 Å². The molecule has 0 aromatic heterocycles. The van der Waals surface area contributed by atoms with Gasteiger partial charge in [-0.05, 0) is 35.9 Å². The van der Waals surface area contributed by atoms with E-state index in [1.807, 2.05) is 0 Å². The van der Waals surface area contributed by atoms with E-state index in [4.69, 9.17) is 28.0 Å². The summed E-state index contributed by atoms with van der Waals surface area (Å²) in [6.07, 6.45) is -3.13. The predicted octanol–water partition coefficient (Wildman–Crippen LogP) is 5.69. The van der Waals surface area contributed by atoms with E-state index in [1.54, 1.807) is 6.07 Å². The Hall–Kier alpha value is -1.79. The molecule has 3 rings (SSSR count). The maximum Gasteiger partial charge on any atom is 0.428 e. The molecule has 1 aliphatic heterocycles. The standard InChI is InChI=1S/C20H16BrCl2F3N2O4S/c1-28-17(11-3-4-12(16(21)5-11)10-27-18(29)33(2,30)31)9-19(32-28,20(24,25)26)13-6-14(22)8-15(23)7-13/h3-9H,10H2,1-2H3,(H,27,29). The zero-order valence-electron chi connectivity index (χ0n) is 17.0. The summed E-state index contributed by atoms with van der Waals surface area (Å²) in [5, 5.41) is 2.17. The van der Waals surface area contributed by atoms with E-state index in [9.17, 15) is 26.4 Å². The molecule has 0 saturated heterocycles. The van der Waals surface area contributed by atoms with Crippen molar-refractivity contribution in [2.24, 2.45) is 0 Å². The van der Waals surface area contributed by atoms with Gasteiger partial charge in [0.1, 0.15) is 0 Å². The summed E-state index contributed by atoms with van der Waals surface area (Å²) in [6, 6.07) is 8.19. The Morgan fingerprint density at radius 1 is 1.18 bits per heavy atom. The van der Waals surface area contributed by atoms with Crippen LogP contribution in [0.15, 0.2) is 46.9 Å². The summed E-state index contributed by atoms with van der Waals surface area (Å²) < 4.78 is 65.7. The van der Waals surface area contributed by atoms with Crippen LogP contribution in [-0.4, -0.2) is 38.2 Å². The molecule has 0 radical (unpaired) electrons. The molecule has 2 aromatic rings. The van der Waals surface area contributed by atoms with Crippen molar-refractivity contribution in [2.45, 2.75) is 18.3 Å². The quantitative estimate of drug-likeness (QED) is 0.498. The fourth-order valence-electron chi connectivity index (χ4n) is 3.19. The smallest absolute Gasteiger partial charge is 0.339 e. The maximum atomic E-state index is 14.3. The Kier molecular flexibility index (Phi) is 7.12. The monoisotopic (exact) mass is 586 g/mol. The van der Waals surface area contributed by atoms with Crippen LogP contribution in [0.25, 0.3) is 5.70 Å². The van der Waals surface area contributed by atoms with Gasteiger partial charge in [0.05, 0.1) is 5.70 Å². The van der Waals surface area contributed by atoms with Gasteiger partial charge < -0.3 is 5.32 Å². The first-order chi connectivity index (χ1) is 15.1. The minimum absolute atomic E-state index is 0.0254. The normalized spacial score (nSPS) is 18.9. The lowest BCUT2D eigenvalue weighted by molar-refractivity contribution is -0.308. The number of hydrogen-bond acceptors (Lipinski definition) is 5. The number of sulfone groups is 1. The van der Waals surface area contributed by atoms with Gasteiger partial charge in [-0.15, -0.1) is 0 Å². The van der Waals surface area contributed by atoms with Gasteiger partial charge in [-0.2, -0.15) is 13.2 Å². The number of benzene rings is 2. The number of carbonyl (C=O) groups is 1. The molecule has 1 amide bonds. The molecule has 0 spiro atoms. The number of halogens is 6. The summed E-state index contributed by atoms with van der Waals surface area (Å²) in [4.78, 5) is 16.9. The van der Waals surface area contributed by atoms with Gasteiger partial charge in [0, 0.05) is 45.5 Å². The highest BCUT2D eigenvalue weighted by atomic mass is 79.9. The molecule has 33 heavy (non-hydrogen) atoms. The summed E-state index contributed by atoms with van der Waals surface area (Å²) in [6.45, 7) is -0.106. The first-order valence-electron chi connectivity index (χ1n) is 9.10. The molecule has 1 unspecified atom stereocenters. The molecule has 178 valence electrons. The molecular formula is C20H16BrCl2F3N2O4S. The van der Waals surface area contributed by atoms with E-state index in [-0.39, 0.29) is 27.9 Å². The third-order valence-electron chi connectivity index (χ3n) is 4.78. The molecule has 0 bridgehead atoms. The van der Waals surface area contributed by atoms with E-state index in [1.165, 1.54) is 25.2 Å². The molecule has 1 atom stereocenters. The number of alkyl halides is 3. The van der Waals surface area contributed by atoms with Crippen LogP contribution in [-0.2, 0) is 26.8 Å². The van der Waals surface area contributed by atoms with E-state index in [2.05, 4.69) is 21.2 Å². The second-order valence-corrected chi connectivity index (χ2v) is 10.9. The Bertz CT molecular complexity index is 1230. The van der Waals surface area contributed by atoms with Crippen molar-refractivity contribution in [2.75, 3.05) is 13.3 Å². The van der Waals surface area contributed by atoms with Gasteiger partial charge >= 0.3 is 11.4 Å². The highest BCUT2D eigenvalue weighted by Crippen LogP contribution is 2.51. The number of hydrogen-bond donors (Lipinski definition) is 1. The lowest BCUT2D eigenvalue weighted by atomic mass is 9.91. The van der Waals surface area contributed by atoms with Crippen molar-refractivity contribution in [3.05, 3.63) is 73.7 Å². The lowest BCUT2D eigenvalue weighted by Gasteiger charge is -2.31. The molecule has 6 nitrogen and oxygen atoms in total. The minimum atomic E-state index is -4.84. The van der Waals surface area contributed by atoms with Crippen LogP contribution < -0.4 is 5.32 Å². The maximum absolute atomic E-state index is 14.3. The van der Waals surface area contributed by atoms with Crippen molar-refractivity contribution < 1.29 is 31.2 Å². The topological polar surface area (TPSA) is 75.7 Å². The SMILES string of the molecule is CN1OC(c2cc(Cl)cc(Cl)c2)(C(F)(F)F)C=C1c1ccc(CNC(=O)S(C)(=O)=O)c(Br)c1. The van der Waals surface area contributed by atoms with Gasteiger partial charge in [0.15, 0.2) is 0 Å². The Morgan fingerprint density at radius 2 is 1.79 bits per heavy atom.